The van der Waals surface area contributed by atoms with Crippen LogP contribution in [0.3, 0.4) is 0 Å². The molecular weight excluding hydrogens is 228 g/mol. The number of rotatable bonds is 2. The first-order chi connectivity index (χ1) is 8.83. The molecule has 2 aromatic heterocycles. The number of nitrogens with zero attached hydrogens (tertiary/aromatic N) is 5. The molecule has 6 nitrogen and oxygen atoms in total. The summed E-state index contributed by atoms with van der Waals surface area (Å²) in [5, 5.41) is 12.3. The Morgan fingerprint density at radius 3 is 2.67 bits per heavy atom. The molecule has 1 aliphatic heterocycles. The van der Waals surface area contributed by atoms with Gasteiger partial charge in [0.1, 0.15) is 5.82 Å². The molecule has 0 atom stereocenters. The van der Waals surface area contributed by atoms with E-state index in [-0.39, 0.29) is 0 Å². The van der Waals surface area contributed by atoms with Gasteiger partial charge in [-0.1, -0.05) is 0 Å². The maximum atomic E-state index is 5.64. The summed E-state index contributed by atoms with van der Waals surface area (Å²) in [7, 11) is 0. The zero-order valence-corrected chi connectivity index (χ0v) is 10.1. The SMILES string of the molecule is Nc1ccn(C2CCN(c3cccnn3)CC2)n1. The summed E-state index contributed by atoms with van der Waals surface area (Å²) in [5.41, 5.74) is 5.64. The van der Waals surface area contributed by atoms with E-state index in [0.717, 1.165) is 31.7 Å². The van der Waals surface area contributed by atoms with Crippen LogP contribution in [0.15, 0.2) is 30.6 Å². The van der Waals surface area contributed by atoms with Crippen molar-refractivity contribution in [2.24, 2.45) is 0 Å². The smallest absolute Gasteiger partial charge is 0.151 e. The average Bonchev–Trinajstić information content (AvgIpc) is 2.87. The lowest BCUT2D eigenvalue weighted by Gasteiger charge is -2.32. The average molecular weight is 244 g/mol. The van der Waals surface area contributed by atoms with Gasteiger partial charge in [-0.2, -0.15) is 10.2 Å². The second-order valence-electron chi connectivity index (χ2n) is 4.52. The largest absolute Gasteiger partial charge is 0.382 e. The third kappa shape index (κ3) is 2.13. The lowest BCUT2D eigenvalue weighted by Crippen LogP contribution is -2.35. The second kappa shape index (κ2) is 4.64. The van der Waals surface area contributed by atoms with Gasteiger partial charge < -0.3 is 10.6 Å². The van der Waals surface area contributed by atoms with Crippen LogP contribution in [-0.2, 0) is 0 Å². The van der Waals surface area contributed by atoms with Gasteiger partial charge in [-0.3, -0.25) is 4.68 Å². The molecular formula is C12H16N6. The number of hydrogen-bond donors (Lipinski definition) is 1. The van der Waals surface area contributed by atoms with Gasteiger partial charge in [0.25, 0.3) is 0 Å². The molecule has 1 saturated heterocycles. The van der Waals surface area contributed by atoms with Crippen LogP contribution in [0.2, 0.25) is 0 Å². The Hall–Kier alpha value is -2.11. The molecule has 0 aromatic carbocycles. The Kier molecular flexibility index (Phi) is 2.84. The number of hydrogen-bond acceptors (Lipinski definition) is 5. The summed E-state index contributed by atoms with van der Waals surface area (Å²) in [4.78, 5) is 2.26. The highest BCUT2D eigenvalue weighted by atomic mass is 15.3. The van der Waals surface area contributed by atoms with Gasteiger partial charge in [0.2, 0.25) is 0 Å². The fraction of sp³-hybridized carbons (Fsp3) is 0.417. The van der Waals surface area contributed by atoms with Crippen molar-refractivity contribution in [2.45, 2.75) is 18.9 Å². The van der Waals surface area contributed by atoms with Crippen molar-refractivity contribution in [3.05, 3.63) is 30.6 Å². The first kappa shape index (κ1) is 11.0. The number of aromatic nitrogens is 4. The molecule has 2 aromatic rings. The van der Waals surface area contributed by atoms with Gasteiger partial charge in [-0.15, -0.1) is 5.10 Å². The summed E-state index contributed by atoms with van der Waals surface area (Å²) in [6.45, 7) is 1.95. The highest BCUT2D eigenvalue weighted by Crippen LogP contribution is 2.24. The van der Waals surface area contributed by atoms with Crippen LogP contribution in [0.4, 0.5) is 11.6 Å². The van der Waals surface area contributed by atoms with E-state index in [9.17, 15) is 0 Å². The lowest BCUT2D eigenvalue weighted by atomic mass is 10.1. The van der Waals surface area contributed by atoms with Crippen molar-refractivity contribution in [3.8, 4) is 0 Å². The molecule has 18 heavy (non-hydrogen) atoms. The molecule has 3 heterocycles. The highest BCUT2D eigenvalue weighted by molar-refractivity contribution is 5.36. The molecule has 94 valence electrons. The van der Waals surface area contributed by atoms with E-state index in [1.165, 1.54) is 0 Å². The summed E-state index contributed by atoms with van der Waals surface area (Å²) in [6.07, 6.45) is 5.76. The van der Waals surface area contributed by atoms with Crippen LogP contribution >= 0.6 is 0 Å². The third-order valence-electron chi connectivity index (χ3n) is 3.35. The predicted molar refractivity (Wildman–Crippen MR) is 69.2 cm³/mol. The monoisotopic (exact) mass is 244 g/mol. The Bertz CT molecular complexity index is 500. The topological polar surface area (TPSA) is 72.9 Å². The Morgan fingerprint density at radius 1 is 1.22 bits per heavy atom. The highest BCUT2D eigenvalue weighted by Gasteiger charge is 2.21. The van der Waals surface area contributed by atoms with E-state index in [1.54, 1.807) is 6.20 Å². The van der Waals surface area contributed by atoms with Crippen molar-refractivity contribution >= 4 is 11.6 Å². The van der Waals surface area contributed by atoms with Crippen LogP contribution < -0.4 is 10.6 Å². The summed E-state index contributed by atoms with van der Waals surface area (Å²) in [5.74, 6) is 1.54. The standard InChI is InChI=1S/C12H16N6/c13-11-5-9-18(16-11)10-3-7-17(8-4-10)12-2-1-6-14-15-12/h1-2,5-6,9-10H,3-4,7-8H2,(H2,13,16). The number of nitrogens with two attached hydrogens (primary N) is 1. The van der Waals surface area contributed by atoms with Crippen molar-refractivity contribution in [1.82, 2.24) is 20.0 Å². The Balaban J connectivity index is 1.65. The molecule has 0 unspecified atom stereocenters. The van der Waals surface area contributed by atoms with Crippen molar-refractivity contribution < 1.29 is 0 Å². The molecule has 3 rings (SSSR count). The van der Waals surface area contributed by atoms with Gasteiger partial charge >= 0.3 is 0 Å². The van der Waals surface area contributed by atoms with E-state index < -0.39 is 0 Å². The van der Waals surface area contributed by atoms with Crippen LogP contribution in [0.5, 0.6) is 0 Å². The normalized spacial score (nSPS) is 17.0. The van der Waals surface area contributed by atoms with Gasteiger partial charge in [0.05, 0.1) is 6.04 Å². The number of anilines is 2. The fourth-order valence-corrected chi connectivity index (χ4v) is 2.38. The molecule has 0 saturated carbocycles. The van der Waals surface area contributed by atoms with E-state index in [0.29, 0.717) is 11.9 Å². The zero-order valence-electron chi connectivity index (χ0n) is 10.1. The Labute approximate surface area is 105 Å². The second-order valence-corrected chi connectivity index (χ2v) is 4.52. The molecule has 2 N–H and O–H groups in total. The Morgan fingerprint density at radius 2 is 2.06 bits per heavy atom. The maximum Gasteiger partial charge on any atom is 0.151 e. The minimum atomic E-state index is 0.440. The quantitative estimate of drug-likeness (QED) is 0.856. The zero-order chi connectivity index (χ0) is 12.4. The van der Waals surface area contributed by atoms with Gasteiger partial charge in [-0.25, -0.2) is 0 Å². The fourth-order valence-electron chi connectivity index (χ4n) is 2.38. The predicted octanol–water partition coefficient (Wildman–Crippen LogP) is 1.10. The third-order valence-corrected chi connectivity index (χ3v) is 3.35. The van der Waals surface area contributed by atoms with Gasteiger partial charge in [0, 0.05) is 25.5 Å². The molecule has 6 heteroatoms. The summed E-state index contributed by atoms with van der Waals surface area (Å²) >= 11 is 0. The molecule has 0 amide bonds. The molecule has 1 fully saturated rings. The van der Waals surface area contributed by atoms with E-state index in [2.05, 4.69) is 20.2 Å². The molecule has 0 radical (unpaired) electrons. The van der Waals surface area contributed by atoms with E-state index in [1.807, 2.05) is 29.1 Å². The number of piperidine rings is 1. The van der Waals surface area contributed by atoms with E-state index in [4.69, 9.17) is 5.73 Å². The minimum absolute atomic E-state index is 0.440. The molecule has 1 aliphatic rings. The first-order valence-electron chi connectivity index (χ1n) is 6.16. The summed E-state index contributed by atoms with van der Waals surface area (Å²) in [6, 6.07) is 6.20. The molecule has 0 aliphatic carbocycles. The van der Waals surface area contributed by atoms with Crippen molar-refractivity contribution in [1.29, 1.82) is 0 Å². The van der Waals surface area contributed by atoms with Gasteiger partial charge in [0.15, 0.2) is 5.82 Å². The van der Waals surface area contributed by atoms with Crippen LogP contribution in [0.25, 0.3) is 0 Å². The van der Waals surface area contributed by atoms with Crippen molar-refractivity contribution in [2.75, 3.05) is 23.7 Å². The van der Waals surface area contributed by atoms with Crippen molar-refractivity contribution in [3.63, 3.8) is 0 Å². The van der Waals surface area contributed by atoms with Crippen LogP contribution in [0.1, 0.15) is 18.9 Å². The molecule has 0 spiro atoms. The number of nitrogen functional groups attached to an aromatic ring is 1. The van der Waals surface area contributed by atoms with Gasteiger partial charge in [-0.05, 0) is 31.0 Å². The van der Waals surface area contributed by atoms with Crippen LogP contribution in [-0.4, -0.2) is 33.1 Å². The van der Waals surface area contributed by atoms with E-state index >= 15 is 0 Å². The summed E-state index contributed by atoms with van der Waals surface area (Å²) < 4.78 is 1.98. The lowest BCUT2D eigenvalue weighted by molar-refractivity contribution is 0.366. The minimum Gasteiger partial charge on any atom is -0.382 e. The first-order valence-corrected chi connectivity index (χ1v) is 6.16. The molecule has 0 bridgehead atoms. The maximum absolute atomic E-state index is 5.64. The van der Waals surface area contributed by atoms with Crippen LogP contribution in [0, 0.1) is 0 Å².